The molecule has 0 amide bonds. The van der Waals surface area contributed by atoms with E-state index in [0.29, 0.717) is 5.92 Å². The van der Waals surface area contributed by atoms with Crippen molar-refractivity contribution in [2.75, 3.05) is 0 Å². The van der Waals surface area contributed by atoms with Crippen LogP contribution in [0.15, 0.2) is 59.2 Å². The monoisotopic (exact) mass is 255 g/mol. The second-order valence-corrected chi connectivity index (χ2v) is 4.82. The minimum absolute atomic E-state index is 0.236. The molecule has 0 spiro atoms. The summed E-state index contributed by atoms with van der Waals surface area (Å²) < 4.78 is 5.44. The summed E-state index contributed by atoms with van der Waals surface area (Å²) in [6.45, 7) is 0. The lowest BCUT2D eigenvalue weighted by Gasteiger charge is -2.31. The smallest absolute Gasteiger partial charge is 0.105 e. The van der Waals surface area contributed by atoms with Gasteiger partial charge in [0.2, 0.25) is 0 Å². The van der Waals surface area contributed by atoms with E-state index in [1.807, 2.05) is 30.5 Å². The Morgan fingerprint density at radius 1 is 1.37 bits per heavy atom. The van der Waals surface area contributed by atoms with Crippen LogP contribution in [0.25, 0.3) is 0 Å². The molecule has 0 fully saturated rings. The second-order valence-electron chi connectivity index (χ2n) is 4.82. The lowest BCUT2D eigenvalue weighted by atomic mass is 9.85. The maximum Gasteiger partial charge on any atom is 0.105 e. The molecule has 19 heavy (non-hydrogen) atoms. The van der Waals surface area contributed by atoms with Gasteiger partial charge < -0.3 is 15.5 Å². The van der Waals surface area contributed by atoms with Crippen LogP contribution in [0.2, 0.25) is 0 Å². The molecule has 0 aliphatic carbocycles. The van der Waals surface area contributed by atoms with E-state index in [2.05, 4.69) is 16.4 Å². The summed E-state index contributed by atoms with van der Waals surface area (Å²) in [6, 6.07) is 8.23. The second kappa shape index (κ2) is 5.18. The van der Waals surface area contributed by atoms with E-state index < -0.39 is 0 Å². The molecule has 3 heterocycles. The lowest BCUT2D eigenvalue weighted by molar-refractivity contribution is 0.398. The number of rotatable bonds is 3. The number of furan rings is 1. The van der Waals surface area contributed by atoms with E-state index in [1.54, 1.807) is 12.5 Å². The number of nitrogens with zero attached hydrogens (tertiary/aromatic N) is 1. The van der Waals surface area contributed by atoms with Crippen molar-refractivity contribution in [1.82, 2.24) is 10.3 Å². The SMILES string of the molecule is NC1=CCC(c2cccnc2)C(Cc2ccco2)N1. The Morgan fingerprint density at radius 2 is 2.32 bits per heavy atom. The summed E-state index contributed by atoms with van der Waals surface area (Å²) in [6.07, 6.45) is 9.21. The van der Waals surface area contributed by atoms with Crippen LogP contribution in [0.5, 0.6) is 0 Å². The van der Waals surface area contributed by atoms with Gasteiger partial charge in [-0.2, -0.15) is 0 Å². The minimum Gasteiger partial charge on any atom is -0.469 e. The molecule has 4 nitrogen and oxygen atoms in total. The average molecular weight is 255 g/mol. The Labute approximate surface area is 112 Å². The molecule has 98 valence electrons. The van der Waals surface area contributed by atoms with E-state index in [-0.39, 0.29) is 6.04 Å². The van der Waals surface area contributed by atoms with Crippen LogP contribution in [0.4, 0.5) is 0 Å². The van der Waals surface area contributed by atoms with E-state index in [1.165, 1.54) is 5.56 Å². The Morgan fingerprint density at radius 3 is 3.05 bits per heavy atom. The van der Waals surface area contributed by atoms with Gasteiger partial charge >= 0.3 is 0 Å². The molecule has 2 atom stereocenters. The Balaban J connectivity index is 1.84. The number of hydrogen-bond donors (Lipinski definition) is 2. The van der Waals surface area contributed by atoms with E-state index >= 15 is 0 Å². The molecule has 4 heteroatoms. The summed E-state index contributed by atoms with van der Waals surface area (Å²) in [5, 5.41) is 3.35. The quantitative estimate of drug-likeness (QED) is 0.882. The molecule has 0 radical (unpaired) electrons. The molecule has 0 bridgehead atoms. The van der Waals surface area contributed by atoms with Crippen LogP contribution in [-0.4, -0.2) is 11.0 Å². The number of aromatic nitrogens is 1. The van der Waals surface area contributed by atoms with Crippen LogP contribution in [0.1, 0.15) is 23.7 Å². The lowest BCUT2D eigenvalue weighted by Crippen LogP contribution is -2.41. The van der Waals surface area contributed by atoms with Crippen LogP contribution < -0.4 is 11.1 Å². The fourth-order valence-corrected chi connectivity index (χ4v) is 2.59. The number of allylic oxidation sites excluding steroid dienone is 1. The predicted molar refractivity (Wildman–Crippen MR) is 73.2 cm³/mol. The van der Waals surface area contributed by atoms with E-state index in [4.69, 9.17) is 10.2 Å². The highest BCUT2D eigenvalue weighted by atomic mass is 16.3. The molecule has 2 unspecified atom stereocenters. The van der Waals surface area contributed by atoms with Gasteiger partial charge in [0.1, 0.15) is 5.76 Å². The molecule has 0 saturated heterocycles. The van der Waals surface area contributed by atoms with Crippen molar-refractivity contribution in [3.8, 4) is 0 Å². The maximum atomic E-state index is 5.90. The Bertz CT molecular complexity index is 548. The summed E-state index contributed by atoms with van der Waals surface area (Å²) in [5.41, 5.74) is 7.13. The third-order valence-electron chi connectivity index (χ3n) is 3.54. The summed E-state index contributed by atoms with van der Waals surface area (Å²) in [4.78, 5) is 4.21. The molecule has 3 rings (SSSR count). The van der Waals surface area contributed by atoms with Gasteiger partial charge in [-0.1, -0.05) is 6.07 Å². The standard InChI is InChI=1S/C15H17N3O/c16-15-6-5-13(11-3-1-7-17-10-11)14(18-15)9-12-4-2-8-19-12/h1-4,6-8,10,13-14,18H,5,9,16H2. The van der Waals surface area contributed by atoms with E-state index in [9.17, 15) is 0 Å². The van der Waals surface area contributed by atoms with Crippen LogP contribution in [0, 0.1) is 0 Å². The van der Waals surface area contributed by atoms with Crippen LogP contribution in [0.3, 0.4) is 0 Å². The summed E-state index contributed by atoms with van der Waals surface area (Å²) >= 11 is 0. The van der Waals surface area contributed by atoms with Crippen molar-refractivity contribution in [1.29, 1.82) is 0 Å². The first-order valence-electron chi connectivity index (χ1n) is 6.47. The zero-order valence-corrected chi connectivity index (χ0v) is 10.6. The van der Waals surface area contributed by atoms with Gasteiger partial charge in [0.15, 0.2) is 0 Å². The number of nitrogens with two attached hydrogens (primary N) is 1. The first kappa shape index (κ1) is 11.8. The van der Waals surface area contributed by atoms with Gasteiger partial charge in [-0.15, -0.1) is 0 Å². The number of nitrogens with one attached hydrogen (secondary N) is 1. The molecular weight excluding hydrogens is 238 g/mol. The van der Waals surface area contributed by atoms with Crippen LogP contribution >= 0.6 is 0 Å². The highest BCUT2D eigenvalue weighted by molar-refractivity contribution is 5.23. The summed E-state index contributed by atoms with van der Waals surface area (Å²) in [7, 11) is 0. The third kappa shape index (κ3) is 2.62. The maximum absolute atomic E-state index is 5.90. The van der Waals surface area contributed by atoms with Crippen molar-refractivity contribution in [2.45, 2.75) is 24.8 Å². The van der Waals surface area contributed by atoms with Crippen molar-refractivity contribution in [3.63, 3.8) is 0 Å². The highest BCUT2D eigenvalue weighted by Gasteiger charge is 2.27. The van der Waals surface area contributed by atoms with Crippen molar-refractivity contribution in [2.24, 2.45) is 5.73 Å². The molecule has 0 aromatic carbocycles. The van der Waals surface area contributed by atoms with Crippen LogP contribution in [-0.2, 0) is 6.42 Å². The molecule has 2 aromatic heterocycles. The normalized spacial score (nSPS) is 22.6. The average Bonchev–Trinajstić information content (AvgIpc) is 2.93. The number of hydrogen-bond acceptors (Lipinski definition) is 4. The van der Waals surface area contributed by atoms with Crippen molar-refractivity contribution >= 4 is 0 Å². The zero-order valence-electron chi connectivity index (χ0n) is 10.6. The minimum atomic E-state index is 0.236. The molecule has 1 aliphatic rings. The topological polar surface area (TPSA) is 64.1 Å². The molecule has 3 N–H and O–H groups in total. The summed E-state index contributed by atoms with van der Waals surface area (Å²) in [5.74, 6) is 2.09. The highest BCUT2D eigenvalue weighted by Crippen LogP contribution is 2.29. The molecule has 0 saturated carbocycles. The van der Waals surface area contributed by atoms with Gasteiger partial charge in [0.05, 0.1) is 12.1 Å². The zero-order chi connectivity index (χ0) is 13.1. The fourth-order valence-electron chi connectivity index (χ4n) is 2.59. The molecular formula is C15H17N3O. The van der Waals surface area contributed by atoms with Gasteiger partial charge in [0, 0.05) is 30.8 Å². The van der Waals surface area contributed by atoms with Crippen molar-refractivity contribution < 1.29 is 4.42 Å². The van der Waals surface area contributed by atoms with Gasteiger partial charge in [-0.05, 0) is 36.3 Å². The Hall–Kier alpha value is -2.23. The van der Waals surface area contributed by atoms with Crippen molar-refractivity contribution in [3.05, 3.63) is 66.1 Å². The predicted octanol–water partition coefficient (Wildman–Crippen LogP) is 2.16. The fraction of sp³-hybridized carbons (Fsp3) is 0.267. The van der Waals surface area contributed by atoms with Gasteiger partial charge in [-0.25, -0.2) is 0 Å². The largest absolute Gasteiger partial charge is 0.469 e. The van der Waals surface area contributed by atoms with Gasteiger partial charge in [0.25, 0.3) is 0 Å². The third-order valence-corrected chi connectivity index (χ3v) is 3.54. The Kier molecular flexibility index (Phi) is 3.23. The molecule has 2 aromatic rings. The van der Waals surface area contributed by atoms with E-state index in [0.717, 1.165) is 24.4 Å². The first-order valence-corrected chi connectivity index (χ1v) is 6.47. The molecule has 1 aliphatic heterocycles. The first-order chi connectivity index (χ1) is 9.33. The number of pyridine rings is 1. The van der Waals surface area contributed by atoms with Gasteiger partial charge in [-0.3, -0.25) is 4.98 Å².